The number of amides is 1. The Morgan fingerprint density at radius 3 is 2.71 bits per heavy atom. The van der Waals surface area contributed by atoms with E-state index in [-0.39, 0.29) is 5.91 Å². The highest BCUT2D eigenvalue weighted by Gasteiger charge is 1.95. The van der Waals surface area contributed by atoms with Crippen molar-refractivity contribution in [3.8, 4) is 0 Å². The molecule has 4 heteroatoms. The van der Waals surface area contributed by atoms with Gasteiger partial charge in [-0.05, 0) is 6.42 Å². The first-order valence-electron chi connectivity index (χ1n) is 5.30. The molecule has 0 aromatic heterocycles. The first-order valence-corrected chi connectivity index (χ1v) is 5.30. The van der Waals surface area contributed by atoms with Crippen molar-refractivity contribution >= 4 is 5.91 Å². The second kappa shape index (κ2) is 10.5. The fourth-order valence-corrected chi connectivity index (χ4v) is 0.945. The quantitative estimate of drug-likeness (QED) is 0.536. The van der Waals surface area contributed by atoms with Gasteiger partial charge in [-0.15, -0.1) is 0 Å². The lowest BCUT2D eigenvalue weighted by molar-refractivity contribution is -0.120. The van der Waals surface area contributed by atoms with Crippen LogP contribution in [0.15, 0.2) is 0 Å². The van der Waals surface area contributed by atoms with Gasteiger partial charge in [0.15, 0.2) is 0 Å². The van der Waals surface area contributed by atoms with Gasteiger partial charge in [0, 0.05) is 33.2 Å². The van der Waals surface area contributed by atoms with Gasteiger partial charge >= 0.3 is 0 Å². The van der Waals surface area contributed by atoms with Crippen LogP contribution in [0, 0.1) is 0 Å². The summed E-state index contributed by atoms with van der Waals surface area (Å²) in [6.07, 6.45) is 2.83. The molecule has 0 heterocycles. The van der Waals surface area contributed by atoms with Crippen molar-refractivity contribution in [1.82, 2.24) is 10.6 Å². The molecule has 0 unspecified atom stereocenters. The van der Waals surface area contributed by atoms with E-state index in [9.17, 15) is 4.79 Å². The van der Waals surface area contributed by atoms with Gasteiger partial charge in [-0.2, -0.15) is 0 Å². The molecule has 1 amide bonds. The van der Waals surface area contributed by atoms with E-state index >= 15 is 0 Å². The second-order valence-electron chi connectivity index (χ2n) is 3.14. The van der Waals surface area contributed by atoms with Gasteiger partial charge in [0.25, 0.3) is 0 Å². The largest absolute Gasteiger partial charge is 0.380 e. The van der Waals surface area contributed by atoms with Crippen molar-refractivity contribution < 1.29 is 9.53 Å². The van der Waals surface area contributed by atoms with Crippen molar-refractivity contribution in [2.24, 2.45) is 0 Å². The molecule has 84 valence electrons. The molecule has 14 heavy (non-hydrogen) atoms. The molecule has 0 saturated heterocycles. The Kier molecular flexibility index (Phi) is 10.0. The molecule has 0 saturated carbocycles. The summed E-state index contributed by atoms with van der Waals surface area (Å²) in [5, 5.41) is 5.72. The lowest BCUT2D eigenvalue weighted by Crippen LogP contribution is -2.27. The normalized spacial score (nSPS) is 10.1. The summed E-state index contributed by atoms with van der Waals surface area (Å²) >= 11 is 0. The van der Waals surface area contributed by atoms with E-state index < -0.39 is 0 Å². The summed E-state index contributed by atoms with van der Waals surface area (Å²) in [4.78, 5) is 10.8. The van der Waals surface area contributed by atoms with Crippen LogP contribution in [0.25, 0.3) is 0 Å². The minimum absolute atomic E-state index is 0.0735. The van der Waals surface area contributed by atoms with Crippen LogP contribution in [0.5, 0.6) is 0 Å². The zero-order chi connectivity index (χ0) is 10.6. The Morgan fingerprint density at radius 1 is 1.29 bits per heavy atom. The van der Waals surface area contributed by atoms with Crippen LogP contribution < -0.4 is 10.6 Å². The van der Waals surface area contributed by atoms with E-state index in [1.165, 1.54) is 6.42 Å². The standard InChI is InChI=1S/C10H22N2O2/c1-3-4-8-14-9-7-12-6-5-10(13)11-2/h12H,3-9H2,1-2H3,(H,11,13). The number of unbranched alkanes of at least 4 members (excludes halogenated alkanes) is 1. The van der Waals surface area contributed by atoms with E-state index in [2.05, 4.69) is 17.6 Å². The van der Waals surface area contributed by atoms with E-state index in [0.717, 1.165) is 32.7 Å². The Bertz CT molecular complexity index is 140. The first kappa shape index (κ1) is 13.4. The number of hydrogen-bond donors (Lipinski definition) is 2. The number of ether oxygens (including phenoxy) is 1. The topological polar surface area (TPSA) is 50.4 Å². The van der Waals surface area contributed by atoms with E-state index in [1.807, 2.05) is 0 Å². The average molecular weight is 202 g/mol. The molecule has 2 N–H and O–H groups in total. The van der Waals surface area contributed by atoms with Gasteiger partial charge in [-0.1, -0.05) is 13.3 Å². The van der Waals surface area contributed by atoms with Gasteiger partial charge in [0.1, 0.15) is 0 Å². The molecule has 0 aromatic carbocycles. The van der Waals surface area contributed by atoms with E-state index in [1.54, 1.807) is 7.05 Å². The summed E-state index contributed by atoms with van der Waals surface area (Å²) < 4.78 is 5.34. The van der Waals surface area contributed by atoms with Gasteiger partial charge < -0.3 is 15.4 Å². The van der Waals surface area contributed by atoms with Gasteiger partial charge in [0.05, 0.1) is 6.61 Å². The number of nitrogens with one attached hydrogen (secondary N) is 2. The molecule has 0 aliphatic rings. The number of carbonyl (C=O) groups excluding carboxylic acids is 1. The molecule has 0 atom stereocenters. The summed E-state index contributed by atoms with van der Waals surface area (Å²) in [7, 11) is 1.65. The minimum atomic E-state index is 0.0735. The van der Waals surface area contributed by atoms with Crippen LogP contribution in [-0.2, 0) is 9.53 Å². The molecule has 0 spiro atoms. The molecular formula is C10H22N2O2. The SMILES string of the molecule is CCCCOCCNCCC(=O)NC. The smallest absolute Gasteiger partial charge is 0.221 e. The van der Waals surface area contributed by atoms with Crippen LogP contribution in [0.3, 0.4) is 0 Å². The van der Waals surface area contributed by atoms with Crippen LogP contribution in [0.4, 0.5) is 0 Å². The van der Waals surface area contributed by atoms with Crippen LogP contribution in [0.1, 0.15) is 26.2 Å². The fraction of sp³-hybridized carbons (Fsp3) is 0.900. The Labute approximate surface area is 86.4 Å². The second-order valence-corrected chi connectivity index (χ2v) is 3.14. The number of hydrogen-bond acceptors (Lipinski definition) is 3. The van der Waals surface area contributed by atoms with Crippen molar-refractivity contribution in [3.63, 3.8) is 0 Å². The van der Waals surface area contributed by atoms with E-state index in [4.69, 9.17) is 4.74 Å². The zero-order valence-corrected chi connectivity index (χ0v) is 9.27. The predicted octanol–water partition coefficient (Wildman–Crippen LogP) is 0.529. The molecule has 0 fully saturated rings. The van der Waals surface area contributed by atoms with Crippen LogP contribution >= 0.6 is 0 Å². The molecular weight excluding hydrogens is 180 g/mol. The lowest BCUT2D eigenvalue weighted by Gasteiger charge is -2.05. The van der Waals surface area contributed by atoms with E-state index in [0.29, 0.717) is 6.42 Å². The molecule has 0 aliphatic heterocycles. The van der Waals surface area contributed by atoms with Crippen molar-refractivity contribution in [2.45, 2.75) is 26.2 Å². The Morgan fingerprint density at radius 2 is 2.07 bits per heavy atom. The van der Waals surface area contributed by atoms with Crippen molar-refractivity contribution in [2.75, 3.05) is 33.4 Å². The first-order chi connectivity index (χ1) is 6.81. The van der Waals surface area contributed by atoms with Crippen LogP contribution in [-0.4, -0.2) is 39.3 Å². The molecule has 4 nitrogen and oxygen atoms in total. The maximum atomic E-state index is 10.8. The average Bonchev–Trinajstić information content (AvgIpc) is 2.21. The fourth-order valence-electron chi connectivity index (χ4n) is 0.945. The minimum Gasteiger partial charge on any atom is -0.380 e. The van der Waals surface area contributed by atoms with Gasteiger partial charge in [-0.25, -0.2) is 0 Å². The zero-order valence-electron chi connectivity index (χ0n) is 9.27. The monoisotopic (exact) mass is 202 g/mol. The Balaban J connectivity index is 2.95. The molecule has 0 bridgehead atoms. The summed E-state index contributed by atoms with van der Waals surface area (Å²) in [5.74, 6) is 0.0735. The highest BCUT2D eigenvalue weighted by Crippen LogP contribution is 1.86. The number of carbonyl (C=O) groups is 1. The molecule has 0 rings (SSSR count). The third-order valence-corrected chi connectivity index (χ3v) is 1.87. The predicted molar refractivity (Wildman–Crippen MR) is 57.3 cm³/mol. The Hall–Kier alpha value is -0.610. The third kappa shape index (κ3) is 9.48. The highest BCUT2D eigenvalue weighted by molar-refractivity contribution is 5.75. The lowest BCUT2D eigenvalue weighted by atomic mass is 10.4. The summed E-state index contributed by atoms with van der Waals surface area (Å²) in [5.41, 5.74) is 0. The molecule has 0 radical (unpaired) electrons. The summed E-state index contributed by atoms with van der Waals surface area (Å²) in [6, 6.07) is 0. The van der Waals surface area contributed by atoms with Gasteiger partial charge in [-0.3, -0.25) is 4.79 Å². The van der Waals surface area contributed by atoms with Crippen molar-refractivity contribution in [3.05, 3.63) is 0 Å². The highest BCUT2D eigenvalue weighted by atomic mass is 16.5. The third-order valence-electron chi connectivity index (χ3n) is 1.87. The van der Waals surface area contributed by atoms with Crippen molar-refractivity contribution in [1.29, 1.82) is 0 Å². The van der Waals surface area contributed by atoms with Gasteiger partial charge in [0.2, 0.25) is 5.91 Å². The molecule has 0 aromatic rings. The van der Waals surface area contributed by atoms with Crippen LogP contribution in [0.2, 0.25) is 0 Å². The number of rotatable bonds is 9. The molecule has 0 aliphatic carbocycles. The summed E-state index contributed by atoms with van der Waals surface area (Å²) in [6.45, 7) is 5.25. The maximum Gasteiger partial charge on any atom is 0.221 e. The maximum absolute atomic E-state index is 10.8.